The molecule has 1 aliphatic rings. The van der Waals surface area contributed by atoms with Crippen molar-refractivity contribution < 1.29 is 33.5 Å². The summed E-state index contributed by atoms with van der Waals surface area (Å²) in [5, 5.41) is 13.7. The number of hydrogen-bond donors (Lipinski definition) is 1. The van der Waals surface area contributed by atoms with Gasteiger partial charge in [-0.05, 0) is 29.8 Å². The summed E-state index contributed by atoms with van der Waals surface area (Å²) in [5.74, 6) is 0.785. The predicted molar refractivity (Wildman–Crippen MR) is 140 cm³/mol. The topological polar surface area (TPSA) is 129 Å². The molecule has 1 N–H and O–H groups in total. The van der Waals surface area contributed by atoms with E-state index in [1.54, 1.807) is 30.3 Å². The van der Waals surface area contributed by atoms with Crippen molar-refractivity contribution in [1.29, 1.82) is 0 Å². The van der Waals surface area contributed by atoms with E-state index in [0.717, 1.165) is 0 Å². The van der Waals surface area contributed by atoms with Crippen LogP contribution in [-0.2, 0) is 4.79 Å². The highest BCUT2D eigenvalue weighted by molar-refractivity contribution is 6.15. The molecule has 1 aliphatic heterocycles. The lowest BCUT2D eigenvalue weighted by Crippen LogP contribution is -2.48. The van der Waals surface area contributed by atoms with Crippen LogP contribution in [0.5, 0.6) is 23.0 Å². The number of nitro benzene ring substituents is 1. The molecule has 1 atom stereocenters. The fourth-order valence-electron chi connectivity index (χ4n) is 4.22. The number of methoxy groups -OCH3 is 4. The van der Waals surface area contributed by atoms with E-state index < -0.39 is 16.9 Å². The lowest BCUT2D eigenvalue weighted by Gasteiger charge is -2.43. The molecule has 0 bridgehead atoms. The minimum atomic E-state index is -0.541. The molecule has 2 amide bonds. The molecule has 11 nitrogen and oxygen atoms in total. The molecule has 1 unspecified atom stereocenters. The van der Waals surface area contributed by atoms with Crippen LogP contribution in [0.25, 0.3) is 0 Å². The zero-order valence-electron chi connectivity index (χ0n) is 21.1. The van der Waals surface area contributed by atoms with Crippen LogP contribution in [0.4, 0.5) is 17.1 Å². The number of β-lactam (4-membered cyclic amide) rings is 1. The number of carbonyl (C=O) groups is 2. The molecule has 1 fully saturated rings. The van der Waals surface area contributed by atoms with Crippen molar-refractivity contribution in [3.8, 4) is 23.0 Å². The average molecular weight is 520 g/mol. The maximum atomic E-state index is 12.9. The summed E-state index contributed by atoms with van der Waals surface area (Å²) < 4.78 is 21.6. The van der Waals surface area contributed by atoms with E-state index in [2.05, 4.69) is 11.9 Å². The zero-order valence-corrected chi connectivity index (χ0v) is 21.1. The molecule has 1 saturated heterocycles. The Morgan fingerprint density at radius 3 is 2.05 bits per heavy atom. The molecule has 4 rings (SSSR count). The van der Waals surface area contributed by atoms with Crippen LogP contribution < -0.4 is 29.2 Å². The van der Waals surface area contributed by atoms with Gasteiger partial charge in [0, 0.05) is 35.4 Å². The number of ether oxygens (including phenoxy) is 4. The van der Waals surface area contributed by atoms with Crippen molar-refractivity contribution in [1.82, 2.24) is 0 Å². The average Bonchev–Trinajstić information content (AvgIpc) is 2.94. The maximum absolute atomic E-state index is 12.9. The fourth-order valence-corrected chi connectivity index (χ4v) is 4.22. The SMILES string of the molecule is C=C1C(=O)N(c2cc(OC)c(OC)c(OC)c2)C1c1ccc(OC)c(NC(=O)c2ccc([N+](=O)[O-])cc2)c1. The van der Waals surface area contributed by atoms with Crippen LogP contribution >= 0.6 is 0 Å². The zero-order chi connectivity index (χ0) is 27.6. The lowest BCUT2D eigenvalue weighted by molar-refractivity contribution is -0.384. The summed E-state index contributed by atoms with van der Waals surface area (Å²) in [7, 11) is 5.92. The van der Waals surface area contributed by atoms with Crippen LogP contribution in [0.3, 0.4) is 0 Å². The number of rotatable bonds is 9. The van der Waals surface area contributed by atoms with Gasteiger partial charge in [-0.3, -0.25) is 24.6 Å². The standard InChI is InChI=1S/C27H25N3O8/c1-15-24(29(27(15)32)19-13-22(36-3)25(38-5)23(14-19)37-4)17-8-11-21(35-2)20(12-17)28-26(31)16-6-9-18(10-7-16)30(33)34/h6-14,24H,1H2,2-5H3,(H,28,31). The Kier molecular flexibility index (Phi) is 7.19. The second-order valence-corrected chi connectivity index (χ2v) is 8.20. The highest BCUT2D eigenvalue weighted by Crippen LogP contribution is 2.48. The van der Waals surface area contributed by atoms with Gasteiger partial charge in [0.15, 0.2) is 11.5 Å². The number of carbonyl (C=O) groups excluding carboxylic acids is 2. The third-order valence-corrected chi connectivity index (χ3v) is 6.14. The number of benzene rings is 3. The molecule has 11 heteroatoms. The minimum absolute atomic E-state index is 0.124. The fraction of sp³-hybridized carbons (Fsp3) is 0.185. The molecule has 0 spiro atoms. The lowest BCUT2D eigenvalue weighted by atomic mass is 9.88. The van der Waals surface area contributed by atoms with E-state index in [1.807, 2.05) is 0 Å². The van der Waals surface area contributed by atoms with Crippen LogP contribution in [0.1, 0.15) is 22.0 Å². The van der Waals surface area contributed by atoms with E-state index in [9.17, 15) is 19.7 Å². The first-order valence-corrected chi connectivity index (χ1v) is 11.3. The van der Waals surface area contributed by atoms with Gasteiger partial charge in [-0.25, -0.2) is 0 Å². The van der Waals surface area contributed by atoms with Crippen molar-refractivity contribution in [2.75, 3.05) is 38.7 Å². The number of amides is 2. The Morgan fingerprint density at radius 1 is 0.921 bits per heavy atom. The number of anilines is 2. The minimum Gasteiger partial charge on any atom is -0.495 e. The van der Waals surface area contributed by atoms with Gasteiger partial charge >= 0.3 is 0 Å². The Balaban J connectivity index is 1.68. The highest BCUT2D eigenvalue weighted by Gasteiger charge is 2.43. The molecule has 0 saturated carbocycles. The van der Waals surface area contributed by atoms with Crippen LogP contribution in [-0.4, -0.2) is 45.2 Å². The van der Waals surface area contributed by atoms with E-state index in [0.29, 0.717) is 45.5 Å². The summed E-state index contributed by atoms with van der Waals surface area (Å²) in [6, 6.07) is 13.2. The molecular formula is C27H25N3O8. The summed E-state index contributed by atoms with van der Waals surface area (Å²) in [6.45, 7) is 3.95. The summed E-state index contributed by atoms with van der Waals surface area (Å²) in [5.41, 5.74) is 1.99. The summed E-state index contributed by atoms with van der Waals surface area (Å²) in [4.78, 5) is 37.7. The van der Waals surface area contributed by atoms with Crippen molar-refractivity contribution >= 4 is 28.9 Å². The number of nitro groups is 1. The second-order valence-electron chi connectivity index (χ2n) is 8.20. The van der Waals surface area contributed by atoms with Gasteiger partial charge in [0.1, 0.15) is 5.75 Å². The Hall–Kier alpha value is -5.06. The first-order valence-electron chi connectivity index (χ1n) is 11.3. The third kappa shape index (κ3) is 4.57. The number of hydrogen-bond acceptors (Lipinski definition) is 8. The monoisotopic (exact) mass is 519 g/mol. The van der Waals surface area contributed by atoms with Crippen LogP contribution in [0.2, 0.25) is 0 Å². The Bertz CT molecular complexity index is 1410. The molecule has 0 aliphatic carbocycles. The van der Waals surface area contributed by atoms with Gasteiger partial charge in [0.2, 0.25) is 5.75 Å². The van der Waals surface area contributed by atoms with E-state index >= 15 is 0 Å². The van der Waals surface area contributed by atoms with Crippen molar-refractivity contribution in [2.24, 2.45) is 0 Å². The van der Waals surface area contributed by atoms with E-state index in [4.69, 9.17) is 18.9 Å². The highest BCUT2D eigenvalue weighted by atomic mass is 16.6. The van der Waals surface area contributed by atoms with Gasteiger partial charge < -0.3 is 24.3 Å². The first-order chi connectivity index (χ1) is 18.2. The van der Waals surface area contributed by atoms with Crippen LogP contribution in [0.15, 0.2) is 66.7 Å². The normalized spacial score (nSPS) is 14.4. The van der Waals surface area contributed by atoms with Gasteiger partial charge in [-0.2, -0.15) is 0 Å². The van der Waals surface area contributed by atoms with Crippen molar-refractivity contribution in [3.63, 3.8) is 0 Å². The predicted octanol–water partition coefficient (Wildman–Crippen LogP) is 4.53. The smallest absolute Gasteiger partial charge is 0.269 e. The molecule has 0 aromatic heterocycles. The van der Waals surface area contributed by atoms with Gasteiger partial charge in [-0.15, -0.1) is 0 Å². The summed E-state index contributed by atoms with van der Waals surface area (Å²) in [6.07, 6.45) is 0. The molecule has 196 valence electrons. The van der Waals surface area contributed by atoms with Crippen molar-refractivity contribution in [2.45, 2.75) is 6.04 Å². The number of nitrogens with zero attached hydrogens (tertiary/aromatic N) is 2. The van der Waals surface area contributed by atoms with Gasteiger partial charge in [0.25, 0.3) is 17.5 Å². The first kappa shape index (κ1) is 26.0. The molecule has 3 aromatic carbocycles. The van der Waals surface area contributed by atoms with E-state index in [1.165, 1.54) is 57.6 Å². The molecule has 3 aromatic rings. The summed E-state index contributed by atoms with van der Waals surface area (Å²) >= 11 is 0. The van der Waals surface area contributed by atoms with Crippen LogP contribution in [0, 0.1) is 10.1 Å². The third-order valence-electron chi connectivity index (χ3n) is 6.14. The number of non-ortho nitro benzene ring substituents is 1. The molecule has 1 heterocycles. The Morgan fingerprint density at radius 2 is 1.53 bits per heavy atom. The largest absolute Gasteiger partial charge is 0.495 e. The quantitative estimate of drug-likeness (QED) is 0.189. The van der Waals surface area contributed by atoms with Gasteiger partial charge in [0.05, 0.1) is 50.8 Å². The van der Waals surface area contributed by atoms with E-state index in [-0.39, 0.29) is 17.2 Å². The maximum Gasteiger partial charge on any atom is 0.269 e. The molecular weight excluding hydrogens is 494 g/mol. The van der Waals surface area contributed by atoms with Gasteiger partial charge in [-0.1, -0.05) is 12.6 Å². The second kappa shape index (κ2) is 10.5. The number of nitrogens with one attached hydrogen (secondary N) is 1. The molecule has 38 heavy (non-hydrogen) atoms. The molecule has 0 radical (unpaired) electrons. The van der Waals surface area contributed by atoms with Crippen molar-refractivity contribution in [3.05, 3.63) is 88.0 Å². The Labute approximate surface area is 218 Å².